The zero-order valence-electron chi connectivity index (χ0n) is 14.3. The minimum absolute atomic E-state index is 0.00770. The third kappa shape index (κ3) is 3.49. The summed E-state index contributed by atoms with van der Waals surface area (Å²) in [6, 6.07) is 14.9. The monoisotopic (exact) mass is 352 g/mol. The Morgan fingerprint density at radius 2 is 1.85 bits per heavy atom. The Kier molecular flexibility index (Phi) is 4.48. The number of ether oxygens (including phenoxy) is 2. The van der Waals surface area contributed by atoms with Crippen LogP contribution in [0.4, 0.5) is 5.69 Å². The van der Waals surface area contributed by atoms with E-state index in [1.54, 1.807) is 4.90 Å². The predicted octanol–water partition coefficient (Wildman–Crippen LogP) is 1.92. The molecule has 0 aliphatic carbocycles. The maximum atomic E-state index is 12.4. The van der Waals surface area contributed by atoms with Gasteiger partial charge in [-0.3, -0.25) is 9.59 Å². The van der Waals surface area contributed by atoms with Crippen LogP contribution in [0.25, 0.3) is 0 Å². The van der Waals surface area contributed by atoms with Crippen molar-refractivity contribution in [3.8, 4) is 11.5 Å². The first-order valence-corrected chi connectivity index (χ1v) is 8.72. The first-order valence-electron chi connectivity index (χ1n) is 8.72. The van der Waals surface area contributed by atoms with Crippen molar-refractivity contribution >= 4 is 17.5 Å². The minimum Gasteiger partial charge on any atom is -0.486 e. The van der Waals surface area contributed by atoms with Crippen LogP contribution in [-0.2, 0) is 16.0 Å². The molecule has 2 aromatic carbocycles. The molecule has 2 heterocycles. The summed E-state index contributed by atoms with van der Waals surface area (Å²) < 4.78 is 11.1. The van der Waals surface area contributed by atoms with Crippen molar-refractivity contribution < 1.29 is 19.1 Å². The molecule has 0 bridgehead atoms. The maximum Gasteiger partial charge on any atom is 0.229 e. The Balaban J connectivity index is 1.40. The van der Waals surface area contributed by atoms with Gasteiger partial charge in [-0.2, -0.15) is 0 Å². The van der Waals surface area contributed by atoms with Gasteiger partial charge in [0.2, 0.25) is 11.8 Å². The van der Waals surface area contributed by atoms with Gasteiger partial charge in [-0.15, -0.1) is 0 Å². The largest absolute Gasteiger partial charge is 0.486 e. The smallest absolute Gasteiger partial charge is 0.229 e. The maximum absolute atomic E-state index is 12.4. The van der Waals surface area contributed by atoms with Gasteiger partial charge in [0.25, 0.3) is 0 Å². The Labute approximate surface area is 151 Å². The number of hydrogen-bond donors (Lipinski definition) is 1. The lowest BCUT2D eigenvalue weighted by atomic mass is 10.1. The van der Waals surface area contributed by atoms with Gasteiger partial charge in [0.1, 0.15) is 13.2 Å². The van der Waals surface area contributed by atoms with Crippen LogP contribution in [0.5, 0.6) is 11.5 Å². The van der Waals surface area contributed by atoms with Crippen molar-refractivity contribution in [1.82, 2.24) is 5.32 Å². The average molecular weight is 352 g/mol. The fraction of sp³-hybridized carbons (Fsp3) is 0.300. The van der Waals surface area contributed by atoms with E-state index in [0.29, 0.717) is 44.1 Å². The highest BCUT2D eigenvalue weighted by molar-refractivity contribution is 5.97. The molecule has 2 aliphatic rings. The van der Waals surface area contributed by atoms with E-state index in [1.807, 2.05) is 48.5 Å². The van der Waals surface area contributed by atoms with Gasteiger partial charge in [0.15, 0.2) is 11.5 Å². The molecule has 1 saturated heterocycles. The molecule has 2 aromatic rings. The Morgan fingerprint density at radius 1 is 1.08 bits per heavy atom. The van der Waals surface area contributed by atoms with E-state index in [2.05, 4.69) is 5.32 Å². The molecule has 1 N–H and O–H groups in total. The molecule has 0 unspecified atom stereocenters. The molecule has 0 aromatic heterocycles. The van der Waals surface area contributed by atoms with E-state index in [4.69, 9.17) is 9.47 Å². The SMILES string of the molecule is O=C(Cc1ccccc1)N[C@@H]1CC(=O)N(c2ccc3c(c2)OCCO3)C1. The van der Waals surface area contributed by atoms with Crippen molar-refractivity contribution in [3.05, 3.63) is 54.1 Å². The van der Waals surface area contributed by atoms with Gasteiger partial charge in [-0.1, -0.05) is 30.3 Å². The predicted molar refractivity (Wildman–Crippen MR) is 96.5 cm³/mol. The van der Waals surface area contributed by atoms with Gasteiger partial charge >= 0.3 is 0 Å². The first-order chi connectivity index (χ1) is 12.7. The fourth-order valence-corrected chi connectivity index (χ4v) is 3.31. The third-order valence-electron chi connectivity index (χ3n) is 4.54. The zero-order valence-corrected chi connectivity index (χ0v) is 14.3. The number of fused-ring (bicyclic) bond motifs is 1. The molecule has 2 aliphatic heterocycles. The highest BCUT2D eigenvalue weighted by Crippen LogP contribution is 2.35. The molecule has 6 nitrogen and oxygen atoms in total. The highest BCUT2D eigenvalue weighted by Gasteiger charge is 2.32. The fourth-order valence-electron chi connectivity index (χ4n) is 3.31. The average Bonchev–Trinajstić information content (AvgIpc) is 3.02. The second-order valence-corrected chi connectivity index (χ2v) is 6.46. The minimum atomic E-state index is -0.188. The van der Waals surface area contributed by atoms with E-state index in [9.17, 15) is 9.59 Å². The number of amides is 2. The van der Waals surface area contributed by atoms with Crippen LogP contribution in [0.3, 0.4) is 0 Å². The molecule has 0 spiro atoms. The number of carbonyl (C=O) groups excluding carboxylic acids is 2. The van der Waals surface area contributed by atoms with E-state index >= 15 is 0 Å². The van der Waals surface area contributed by atoms with Gasteiger partial charge in [-0.05, 0) is 17.7 Å². The number of hydrogen-bond acceptors (Lipinski definition) is 4. The number of benzene rings is 2. The lowest BCUT2D eigenvalue weighted by Crippen LogP contribution is -2.38. The lowest BCUT2D eigenvalue weighted by molar-refractivity contribution is -0.121. The summed E-state index contributed by atoms with van der Waals surface area (Å²) in [6.07, 6.45) is 0.616. The third-order valence-corrected chi connectivity index (χ3v) is 4.54. The molecule has 6 heteroatoms. The first kappa shape index (κ1) is 16.4. The summed E-state index contributed by atoms with van der Waals surface area (Å²) >= 11 is 0. The standard InChI is InChI=1S/C20H20N2O4/c23-19(10-14-4-2-1-3-5-14)21-15-11-20(24)22(13-15)16-6-7-17-18(12-16)26-9-8-25-17/h1-7,12,15H,8-11,13H2,(H,21,23)/t15-/m1/s1. The van der Waals surface area contributed by atoms with Crippen molar-refractivity contribution in [2.75, 3.05) is 24.7 Å². The summed E-state index contributed by atoms with van der Waals surface area (Å²) in [4.78, 5) is 26.3. The molecule has 2 amide bonds. The van der Waals surface area contributed by atoms with Crippen molar-refractivity contribution in [2.24, 2.45) is 0 Å². The Bertz CT molecular complexity index is 822. The van der Waals surface area contributed by atoms with Crippen LogP contribution in [0.2, 0.25) is 0 Å². The summed E-state index contributed by atoms with van der Waals surface area (Å²) in [5.41, 5.74) is 1.72. The molecule has 0 radical (unpaired) electrons. The van der Waals surface area contributed by atoms with E-state index in [-0.39, 0.29) is 17.9 Å². The summed E-state index contributed by atoms with van der Waals surface area (Å²) in [5.74, 6) is 1.27. The zero-order chi connectivity index (χ0) is 17.9. The van der Waals surface area contributed by atoms with Crippen LogP contribution in [-0.4, -0.2) is 37.6 Å². The molecule has 4 rings (SSSR count). The van der Waals surface area contributed by atoms with Crippen LogP contribution < -0.4 is 19.7 Å². The molecule has 1 atom stereocenters. The number of carbonyl (C=O) groups is 2. The summed E-state index contributed by atoms with van der Waals surface area (Å²) in [6.45, 7) is 1.49. The van der Waals surface area contributed by atoms with E-state index in [1.165, 1.54) is 0 Å². The molecule has 26 heavy (non-hydrogen) atoms. The van der Waals surface area contributed by atoms with Crippen LogP contribution in [0, 0.1) is 0 Å². The molecular formula is C20H20N2O4. The van der Waals surface area contributed by atoms with Crippen LogP contribution in [0.15, 0.2) is 48.5 Å². The second kappa shape index (κ2) is 7.07. The molecule has 1 fully saturated rings. The number of nitrogens with zero attached hydrogens (tertiary/aromatic N) is 1. The van der Waals surface area contributed by atoms with Crippen molar-refractivity contribution in [1.29, 1.82) is 0 Å². The number of anilines is 1. The van der Waals surface area contributed by atoms with Gasteiger partial charge < -0.3 is 19.7 Å². The molecular weight excluding hydrogens is 332 g/mol. The van der Waals surface area contributed by atoms with Crippen molar-refractivity contribution in [3.63, 3.8) is 0 Å². The molecule has 134 valence electrons. The van der Waals surface area contributed by atoms with Gasteiger partial charge in [-0.25, -0.2) is 0 Å². The second-order valence-electron chi connectivity index (χ2n) is 6.46. The number of rotatable bonds is 4. The number of nitrogens with one attached hydrogen (secondary N) is 1. The quantitative estimate of drug-likeness (QED) is 0.913. The van der Waals surface area contributed by atoms with E-state index < -0.39 is 0 Å². The summed E-state index contributed by atoms with van der Waals surface area (Å²) in [7, 11) is 0. The highest BCUT2D eigenvalue weighted by atomic mass is 16.6. The van der Waals surface area contributed by atoms with Crippen LogP contribution >= 0.6 is 0 Å². The topological polar surface area (TPSA) is 67.9 Å². The van der Waals surface area contributed by atoms with E-state index in [0.717, 1.165) is 11.3 Å². The molecule has 0 saturated carbocycles. The Hall–Kier alpha value is -3.02. The van der Waals surface area contributed by atoms with Gasteiger partial charge in [0.05, 0.1) is 12.5 Å². The van der Waals surface area contributed by atoms with Crippen LogP contribution in [0.1, 0.15) is 12.0 Å². The van der Waals surface area contributed by atoms with Crippen molar-refractivity contribution in [2.45, 2.75) is 18.9 Å². The summed E-state index contributed by atoms with van der Waals surface area (Å²) in [5, 5.41) is 2.96. The lowest BCUT2D eigenvalue weighted by Gasteiger charge is -2.22. The normalized spacial score (nSPS) is 18.7. The van der Waals surface area contributed by atoms with Gasteiger partial charge in [0, 0.05) is 24.7 Å². The Morgan fingerprint density at radius 3 is 2.65 bits per heavy atom.